The molecule has 0 fully saturated rings. The number of nitrogens with zero attached hydrogens (tertiary/aromatic N) is 4. The fourth-order valence-corrected chi connectivity index (χ4v) is 3.00. The molecule has 3 rings (SSSR count). The molecule has 1 N–H and O–H groups in total. The van der Waals surface area contributed by atoms with Gasteiger partial charge in [0.25, 0.3) is 0 Å². The number of amides is 1. The van der Waals surface area contributed by atoms with Gasteiger partial charge >= 0.3 is 0 Å². The topological polar surface area (TPSA) is 81.9 Å². The van der Waals surface area contributed by atoms with Crippen molar-refractivity contribution >= 4 is 5.91 Å². The molecule has 7 heteroatoms. The van der Waals surface area contributed by atoms with Crippen LogP contribution in [0.3, 0.4) is 0 Å². The van der Waals surface area contributed by atoms with Gasteiger partial charge in [0.05, 0.1) is 19.3 Å². The van der Waals surface area contributed by atoms with Gasteiger partial charge in [-0.2, -0.15) is 0 Å². The molecule has 30 heavy (non-hydrogen) atoms. The highest BCUT2D eigenvalue weighted by molar-refractivity contribution is 5.81. The van der Waals surface area contributed by atoms with Crippen LogP contribution in [-0.2, 0) is 16.1 Å². The standard InChI is InChI=1S/C23H29N5O2/c1-17(19-13-9-6-10-14-19)28-21(25-26-27-28)20(24-22(29)23(2,3)4)16-30-15-18-11-7-5-8-12-18/h5-14,17,20H,15-16H2,1-4H3,(H,24,29). The number of rotatable bonds is 8. The molecule has 7 nitrogen and oxygen atoms in total. The summed E-state index contributed by atoms with van der Waals surface area (Å²) >= 11 is 0. The zero-order chi connectivity index (χ0) is 21.6. The molecule has 0 aliphatic carbocycles. The molecule has 0 aliphatic heterocycles. The quantitative estimate of drug-likeness (QED) is 0.616. The molecule has 0 saturated heterocycles. The Morgan fingerprint density at radius 1 is 1.07 bits per heavy atom. The summed E-state index contributed by atoms with van der Waals surface area (Å²) < 4.78 is 7.68. The van der Waals surface area contributed by atoms with Gasteiger partial charge in [0.2, 0.25) is 5.91 Å². The first-order valence-corrected chi connectivity index (χ1v) is 10.1. The summed E-state index contributed by atoms with van der Waals surface area (Å²) in [4.78, 5) is 12.7. The third kappa shape index (κ3) is 5.51. The van der Waals surface area contributed by atoms with E-state index in [9.17, 15) is 4.79 Å². The number of tetrazole rings is 1. The Morgan fingerprint density at radius 2 is 1.70 bits per heavy atom. The van der Waals surface area contributed by atoms with Gasteiger partial charge in [-0.25, -0.2) is 4.68 Å². The van der Waals surface area contributed by atoms with Crippen LogP contribution in [0.1, 0.15) is 56.7 Å². The first-order chi connectivity index (χ1) is 14.4. The Hall–Kier alpha value is -3.06. The van der Waals surface area contributed by atoms with E-state index in [0.29, 0.717) is 12.4 Å². The van der Waals surface area contributed by atoms with Crippen molar-refractivity contribution < 1.29 is 9.53 Å². The van der Waals surface area contributed by atoms with Crippen molar-refractivity contribution in [2.45, 2.75) is 46.4 Å². The average molecular weight is 408 g/mol. The highest BCUT2D eigenvalue weighted by atomic mass is 16.5. The molecule has 2 atom stereocenters. The van der Waals surface area contributed by atoms with Crippen LogP contribution in [0.25, 0.3) is 0 Å². The van der Waals surface area contributed by atoms with Crippen molar-refractivity contribution in [2.75, 3.05) is 6.61 Å². The summed E-state index contributed by atoms with van der Waals surface area (Å²) in [6.07, 6.45) is 0. The van der Waals surface area contributed by atoms with Gasteiger partial charge in [-0.05, 0) is 28.5 Å². The van der Waals surface area contributed by atoms with Gasteiger partial charge in [0, 0.05) is 5.41 Å². The number of carbonyl (C=O) groups is 1. The van der Waals surface area contributed by atoms with Gasteiger partial charge in [-0.3, -0.25) is 4.79 Å². The predicted molar refractivity (Wildman–Crippen MR) is 115 cm³/mol. The van der Waals surface area contributed by atoms with Crippen LogP contribution in [0.2, 0.25) is 0 Å². The van der Waals surface area contributed by atoms with E-state index in [0.717, 1.165) is 11.1 Å². The van der Waals surface area contributed by atoms with Crippen LogP contribution < -0.4 is 5.32 Å². The second kappa shape index (κ2) is 9.63. The van der Waals surface area contributed by atoms with Crippen LogP contribution >= 0.6 is 0 Å². The molecule has 2 unspecified atom stereocenters. The summed E-state index contributed by atoms with van der Waals surface area (Å²) in [6.45, 7) is 8.36. The molecule has 1 heterocycles. The lowest BCUT2D eigenvalue weighted by molar-refractivity contribution is -0.130. The molecule has 158 valence electrons. The second-order valence-corrected chi connectivity index (χ2v) is 8.35. The predicted octanol–water partition coefficient (Wildman–Crippen LogP) is 3.70. The fourth-order valence-electron chi connectivity index (χ4n) is 3.00. The Morgan fingerprint density at radius 3 is 2.33 bits per heavy atom. The van der Waals surface area contributed by atoms with Crippen LogP contribution in [0.5, 0.6) is 0 Å². The minimum absolute atomic E-state index is 0.0839. The summed E-state index contributed by atoms with van der Waals surface area (Å²) in [5, 5.41) is 15.4. The summed E-state index contributed by atoms with van der Waals surface area (Å²) in [5.74, 6) is 0.481. The van der Waals surface area contributed by atoms with E-state index in [2.05, 4.69) is 20.8 Å². The number of aromatic nitrogens is 4. The number of benzene rings is 2. The Labute approximate surface area is 177 Å². The van der Waals surface area contributed by atoms with Gasteiger partial charge in [0.15, 0.2) is 5.82 Å². The SMILES string of the molecule is CC(c1ccccc1)n1nnnc1C(COCc1ccccc1)NC(=O)C(C)(C)C. The lowest BCUT2D eigenvalue weighted by atomic mass is 9.95. The van der Waals surface area contributed by atoms with Crippen LogP contribution in [0, 0.1) is 5.41 Å². The highest BCUT2D eigenvalue weighted by Crippen LogP contribution is 2.22. The minimum atomic E-state index is -0.541. The van der Waals surface area contributed by atoms with Gasteiger partial charge in [0.1, 0.15) is 6.04 Å². The van der Waals surface area contributed by atoms with E-state index in [1.54, 1.807) is 4.68 Å². The summed E-state index contributed by atoms with van der Waals surface area (Å²) in [6, 6.07) is 19.4. The van der Waals surface area contributed by atoms with Crippen LogP contribution in [0.15, 0.2) is 60.7 Å². The zero-order valence-corrected chi connectivity index (χ0v) is 17.9. The van der Waals surface area contributed by atoms with Gasteiger partial charge in [-0.1, -0.05) is 81.4 Å². The molecule has 1 aromatic heterocycles. The Bertz CT molecular complexity index is 935. The zero-order valence-electron chi connectivity index (χ0n) is 17.9. The monoisotopic (exact) mass is 407 g/mol. The van der Waals surface area contributed by atoms with Crippen LogP contribution in [-0.4, -0.2) is 32.7 Å². The largest absolute Gasteiger partial charge is 0.374 e. The first-order valence-electron chi connectivity index (χ1n) is 10.1. The minimum Gasteiger partial charge on any atom is -0.374 e. The Kier molecular flexibility index (Phi) is 6.95. The number of carbonyl (C=O) groups excluding carboxylic acids is 1. The average Bonchev–Trinajstić information content (AvgIpc) is 3.23. The smallest absolute Gasteiger partial charge is 0.226 e. The number of nitrogens with one attached hydrogen (secondary N) is 1. The maximum atomic E-state index is 12.7. The maximum Gasteiger partial charge on any atom is 0.226 e. The molecule has 0 radical (unpaired) electrons. The van der Waals surface area contributed by atoms with E-state index in [1.807, 2.05) is 88.4 Å². The number of hydrogen-bond donors (Lipinski definition) is 1. The molecule has 0 spiro atoms. The van der Waals surface area contributed by atoms with E-state index in [4.69, 9.17) is 4.74 Å². The lowest BCUT2D eigenvalue weighted by Crippen LogP contribution is -2.40. The van der Waals surface area contributed by atoms with E-state index < -0.39 is 11.5 Å². The van der Waals surface area contributed by atoms with Crippen LogP contribution in [0.4, 0.5) is 0 Å². The summed E-state index contributed by atoms with van der Waals surface area (Å²) in [5.41, 5.74) is 1.61. The maximum absolute atomic E-state index is 12.7. The fraction of sp³-hybridized carbons (Fsp3) is 0.391. The molecule has 1 amide bonds. The van der Waals surface area contributed by atoms with E-state index >= 15 is 0 Å². The molecular formula is C23H29N5O2. The van der Waals surface area contributed by atoms with Crippen molar-refractivity contribution in [2.24, 2.45) is 5.41 Å². The molecular weight excluding hydrogens is 378 g/mol. The van der Waals surface area contributed by atoms with Crippen molar-refractivity contribution in [1.29, 1.82) is 0 Å². The molecule has 3 aromatic rings. The number of ether oxygens (including phenoxy) is 1. The molecule has 0 bridgehead atoms. The van der Waals surface area contributed by atoms with Crippen molar-refractivity contribution in [1.82, 2.24) is 25.5 Å². The second-order valence-electron chi connectivity index (χ2n) is 8.35. The van der Waals surface area contributed by atoms with Gasteiger partial charge in [-0.15, -0.1) is 5.10 Å². The van der Waals surface area contributed by atoms with E-state index in [-0.39, 0.29) is 18.6 Å². The van der Waals surface area contributed by atoms with Crippen molar-refractivity contribution in [3.63, 3.8) is 0 Å². The highest BCUT2D eigenvalue weighted by Gasteiger charge is 2.29. The molecule has 2 aromatic carbocycles. The molecule has 0 aliphatic rings. The third-order valence-electron chi connectivity index (χ3n) is 4.86. The lowest BCUT2D eigenvalue weighted by Gasteiger charge is -2.25. The van der Waals surface area contributed by atoms with Crippen molar-refractivity contribution in [3.05, 3.63) is 77.6 Å². The third-order valence-corrected chi connectivity index (χ3v) is 4.86. The number of hydrogen-bond acceptors (Lipinski definition) is 5. The van der Waals surface area contributed by atoms with Crippen molar-refractivity contribution in [3.8, 4) is 0 Å². The summed E-state index contributed by atoms with van der Waals surface area (Å²) in [7, 11) is 0. The normalized spacial score (nSPS) is 13.6. The Balaban J connectivity index is 1.81. The first kappa shape index (κ1) is 21.6. The molecule has 0 saturated carbocycles. The van der Waals surface area contributed by atoms with Gasteiger partial charge < -0.3 is 10.1 Å². The van der Waals surface area contributed by atoms with E-state index in [1.165, 1.54) is 0 Å².